The van der Waals surface area contributed by atoms with Crippen molar-refractivity contribution in [3.8, 4) is 17.5 Å². The highest BCUT2D eigenvalue weighted by molar-refractivity contribution is 6.30. The zero-order valence-electron chi connectivity index (χ0n) is 18.8. The Hall–Kier alpha value is -3.09. The number of nitriles is 1. The molecule has 1 aliphatic rings. The number of rotatable bonds is 6. The molecule has 0 unspecified atom stereocenters. The largest absolute Gasteiger partial charge is 0.324 e. The average Bonchev–Trinajstić information content (AvgIpc) is 3.22. The van der Waals surface area contributed by atoms with E-state index in [1.807, 2.05) is 30.3 Å². The van der Waals surface area contributed by atoms with Crippen molar-refractivity contribution >= 4 is 22.6 Å². The van der Waals surface area contributed by atoms with Gasteiger partial charge in [-0.15, -0.1) is 0 Å². The van der Waals surface area contributed by atoms with E-state index in [-0.39, 0.29) is 0 Å². The van der Waals surface area contributed by atoms with Crippen molar-refractivity contribution in [3.05, 3.63) is 88.4 Å². The number of fused-ring (bicyclic) bond motifs is 1. The highest BCUT2D eigenvalue weighted by atomic mass is 35.5. The number of nitrogens with zero attached hydrogens (tertiary/aromatic N) is 3. The summed E-state index contributed by atoms with van der Waals surface area (Å²) in [5.74, 6) is 1.76. The first kappa shape index (κ1) is 21.7. The lowest BCUT2D eigenvalue weighted by atomic mass is 9.89. The first-order valence-electron chi connectivity index (χ1n) is 11.9. The number of aromatic nitrogens is 2. The Labute approximate surface area is 200 Å². The minimum absolute atomic E-state index is 0.693. The summed E-state index contributed by atoms with van der Waals surface area (Å²) in [6.07, 6.45) is 8.41. The van der Waals surface area contributed by atoms with E-state index in [1.54, 1.807) is 0 Å². The Bertz CT molecular complexity index is 1290. The zero-order valence-corrected chi connectivity index (χ0v) is 19.6. The monoisotopic (exact) mass is 453 g/mol. The number of para-hydroxylation sites is 2. The molecule has 0 radical (unpaired) electrons. The Morgan fingerprint density at radius 3 is 2.52 bits per heavy atom. The second kappa shape index (κ2) is 9.81. The number of hydrogen-bond acceptors (Lipinski definition) is 2. The van der Waals surface area contributed by atoms with Gasteiger partial charge in [0.1, 0.15) is 5.82 Å². The lowest BCUT2D eigenvalue weighted by Gasteiger charge is -2.23. The SMILES string of the molecule is N#Cc1ccc(CCc2cc(Cl)ccc2-c2nc3ccccc3n2CC2CCCCC2)cc1. The van der Waals surface area contributed by atoms with Gasteiger partial charge in [0.05, 0.1) is 22.7 Å². The van der Waals surface area contributed by atoms with Gasteiger partial charge in [-0.25, -0.2) is 4.98 Å². The maximum absolute atomic E-state index is 9.06. The van der Waals surface area contributed by atoms with Crippen molar-refractivity contribution in [2.45, 2.75) is 51.5 Å². The smallest absolute Gasteiger partial charge is 0.141 e. The second-order valence-electron chi connectivity index (χ2n) is 9.15. The summed E-state index contributed by atoms with van der Waals surface area (Å²) < 4.78 is 2.44. The third kappa shape index (κ3) is 4.82. The standard InChI is InChI=1S/C29H28ClN3/c30-25-16-17-26(24(18-25)15-14-21-10-12-22(19-31)13-11-21)29-32-27-8-4-5-9-28(27)33(29)20-23-6-2-1-3-7-23/h4-5,8-13,16-18,23H,1-3,6-7,14-15,20H2. The zero-order chi connectivity index (χ0) is 22.6. The molecule has 3 nitrogen and oxygen atoms in total. The van der Waals surface area contributed by atoms with Crippen LogP contribution in [-0.4, -0.2) is 9.55 Å². The molecule has 0 spiro atoms. The molecule has 0 aliphatic heterocycles. The van der Waals surface area contributed by atoms with Crippen LogP contribution in [0.25, 0.3) is 22.4 Å². The van der Waals surface area contributed by atoms with Crippen LogP contribution in [0.4, 0.5) is 0 Å². The van der Waals surface area contributed by atoms with E-state index in [0.717, 1.165) is 35.8 Å². The van der Waals surface area contributed by atoms with E-state index in [1.165, 1.54) is 54.3 Å². The minimum atomic E-state index is 0.693. The van der Waals surface area contributed by atoms with Gasteiger partial charge >= 0.3 is 0 Å². The van der Waals surface area contributed by atoms with Crippen LogP contribution in [0.5, 0.6) is 0 Å². The summed E-state index contributed by atoms with van der Waals surface area (Å²) in [5.41, 5.74) is 6.56. The predicted octanol–water partition coefficient (Wildman–Crippen LogP) is 7.59. The van der Waals surface area contributed by atoms with Gasteiger partial charge < -0.3 is 4.57 Å². The molecule has 4 aromatic rings. The van der Waals surface area contributed by atoms with E-state index in [2.05, 4.69) is 47.0 Å². The van der Waals surface area contributed by atoms with Gasteiger partial charge in [-0.3, -0.25) is 0 Å². The third-order valence-electron chi connectivity index (χ3n) is 6.89. The minimum Gasteiger partial charge on any atom is -0.324 e. The molecule has 1 fully saturated rings. The molecule has 166 valence electrons. The van der Waals surface area contributed by atoms with Gasteiger partial charge in [0.15, 0.2) is 0 Å². The van der Waals surface area contributed by atoms with Crippen LogP contribution in [0.3, 0.4) is 0 Å². The molecule has 1 aliphatic carbocycles. The fourth-order valence-corrected chi connectivity index (χ4v) is 5.30. The maximum Gasteiger partial charge on any atom is 0.141 e. The highest BCUT2D eigenvalue weighted by Gasteiger charge is 2.20. The summed E-state index contributed by atoms with van der Waals surface area (Å²) in [4.78, 5) is 5.10. The van der Waals surface area contributed by atoms with Crippen molar-refractivity contribution in [1.82, 2.24) is 9.55 Å². The third-order valence-corrected chi connectivity index (χ3v) is 7.13. The first-order chi connectivity index (χ1) is 16.2. The molecule has 3 aromatic carbocycles. The number of aryl methyl sites for hydroxylation is 2. The Morgan fingerprint density at radius 2 is 1.73 bits per heavy atom. The van der Waals surface area contributed by atoms with Crippen LogP contribution in [0.2, 0.25) is 5.02 Å². The van der Waals surface area contributed by atoms with Crippen LogP contribution in [0.1, 0.15) is 48.8 Å². The van der Waals surface area contributed by atoms with Crippen LogP contribution < -0.4 is 0 Å². The second-order valence-corrected chi connectivity index (χ2v) is 9.59. The van der Waals surface area contributed by atoms with E-state index in [9.17, 15) is 0 Å². The molecule has 5 rings (SSSR count). The number of hydrogen-bond donors (Lipinski definition) is 0. The topological polar surface area (TPSA) is 41.6 Å². The van der Waals surface area contributed by atoms with Gasteiger partial charge in [0.25, 0.3) is 0 Å². The average molecular weight is 454 g/mol. The van der Waals surface area contributed by atoms with Crippen LogP contribution in [0.15, 0.2) is 66.7 Å². The predicted molar refractivity (Wildman–Crippen MR) is 135 cm³/mol. The molecular formula is C29H28ClN3. The Morgan fingerprint density at radius 1 is 0.939 bits per heavy atom. The van der Waals surface area contributed by atoms with Gasteiger partial charge in [-0.1, -0.05) is 55.1 Å². The Kier molecular flexibility index (Phi) is 6.46. The van der Waals surface area contributed by atoms with Crippen LogP contribution >= 0.6 is 11.6 Å². The quantitative estimate of drug-likeness (QED) is 0.301. The number of benzene rings is 3. The maximum atomic E-state index is 9.06. The number of imidazole rings is 1. The van der Waals surface area contributed by atoms with Crippen LogP contribution in [-0.2, 0) is 19.4 Å². The molecule has 33 heavy (non-hydrogen) atoms. The van der Waals surface area contributed by atoms with Crippen molar-refractivity contribution in [2.24, 2.45) is 5.92 Å². The molecule has 0 atom stereocenters. The molecule has 0 saturated heterocycles. The van der Waals surface area contributed by atoms with E-state index in [0.29, 0.717) is 11.5 Å². The van der Waals surface area contributed by atoms with E-state index in [4.69, 9.17) is 21.8 Å². The molecule has 0 bridgehead atoms. The summed E-state index contributed by atoms with van der Waals surface area (Å²) in [6, 6.07) is 24.7. The summed E-state index contributed by atoms with van der Waals surface area (Å²) in [6.45, 7) is 1.02. The molecule has 4 heteroatoms. The molecule has 1 saturated carbocycles. The van der Waals surface area contributed by atoms with Crippen molar-refractivity contribution in [3.63, 3.8) is 0 Å². The van der Waals surface area contributed by atoms with Gasteiger partial charge in [0, 0.05) is 17.1 Å². The van der Waals surface area contributed by atoms with E-state index >= 15 is 0 Å². The van der Waals surface area contributed by atoms with Gasteiger partial charge in [-0.05, 0) is 85.2 Å². The molecule has 1 aromatic heterocycles. The lowest BCUT2D eigenvalue weighted by molar-refractivity contribution is 0.323. The molecule has 0 amide bonds. The summed E-state index contributed by atoms with van der Waals surface area (Å²) in [7, 11) is 0. The van der Waals surface area contributed by atoms with Crippen LogP contribution in [0, 0.1) is 17.2 Å². The fraction of sp³-hybridized carbons (Fsp3) is 0.310. The number of halogens is 1. The fourth-order valence-electron chi connectivity index (χ4n) is 5.11. The van der Waals surface area contributed by atoms with Crippen molar-refractivity contribution in [2.75, 3.05) is 0 Å². The molecule has 0 N–H and O–H groups in total. The lowest BCUT2D eigenvalue weighted by Crippen LogP contribution is -2.15. The van der Waals surface area contributed by atoms with E-state index < -0.39 is 0 Å². The summed E-state index contributed by atoms with van der Waals surface area (Å²) >= 11 is 6.44. The van der Waals surface area contributed by atoms with Gasteiger partial charge in [-0.2, -0.15) is 5.26 Å². The van der Waals surface area contributed by atoms with Crippen molar-refractivity contribution < 1.29 is 0 Å². The molecule has 1 heterocycles. The summed E-state index contributed by atoms with van der Waals surface area (Å²) in [5, 5.41) is 9.81. The van der Waals surface area contributed by atoms with Crippen molar-refractivity contribution in [1.29, 1.82) is 5.26 Å². The normalized spacial score (nSPS) is 14.4. The molecular weight excluding hydrogens is 426 g/mol. The highest BCUT2D eigenvalue weighted by Crippen LogP contribution is 2.33. The Balaban J connectivity index is 1.51. The van der Waals surface area contributed by atoms with Gasteiger partial charge in [0.2, 0.25) is 0 Å². The first-order valence-corrected chi connectivity index (χ1v) is 12.3.